The average molecular weight is 270 g/mol. The van der Waals surface area contributed by atoms with Crippen molar-refractivity contribution in [3.05, 3.63) is 24.3 Å². The van der Waals surface area contributed by atoms with E-state index in [-0.39, 0.29) is 12.5 Å². The second-order valence-corrected chi connectivity index (χ2v) is 4.65. The average Bonchev–Trinajstić information content (AvgIpc) is 2.28. The number of amides is 1. The maximum atomic E-state index is 11.3. The summed E-state index contributed by atoms with van der Waals surface area (Å²) in [5.41, 5.74) is 6.06. The Morgan fingerprint density at radius 1 is 1.47 bits per heavy atom. The standard InChI is InChI=1S/C11H14N2O2S2/c1-17-7-11(14)13-8-2-4-9(5-3-8)15-6-10(12)16/h2-5H,6-7H2,1H3,(H2,12,16)(H,13,14). The van der Waals surface area contributed by atoms with Gasteiger partial charge in [0.2, 0.25) is 5.91 Å². The molecule has 0 atom stereocenters. The number of carbonyl (C=O) groups excluding carboxylic acids is 1. The van der Waals surface area contributed by atoms with Crippen molar-refractivity contribution in [2.75, 3.05) is 23.9 Å². The fourth-order valence-electron chi connectivity index (χ4n) is 1.12. The zero-order valence-electron chi connectivity index (χ0n) is 9.43. The van der Waals surface area contributed by atoms with Gasteiger partial charge in [0.15, 0.2) is 0 Å². The number of hydrogen-bond acceptors (Lipinski definition) is 4. The normalized spacial score (nSPS) is 9.71. The van der Waals surface area contributed by atoms with Crippen molar-refractivity contribution in [2.45, 2.75) is 0 Å². The minimum Gasteiger partial charge on any atom is -0.487 e. The summed E-state index contributed by atoms with van der Waals surface area (Å²) in [5.74, 6) is 1.09. The highest BCUT2D eigenvalue weighted by Crippen LogP contribution is 2.15. The maximum absolute atomic E-state index is 11.3. The number of hydrogen-bond donors (Lipinski definition) is 2. The molecule has 4 nitrogen and oxygen atoms in total. The molecule has 0 unspecified atom stereocenters. The van der Waals surface area contributed by atoms with Crippen LogP contribution in [0.5, 0.6) is 5.75 Å². The quantitative estimate of drug-likeness (QED) is 0.770. The van der Waals surface area contributed by atoms with Crippen molar-refractivity contribution >= 4 is 40.6 Å². The van der Waals surface area contributed by atoms with E-state index >= 15 is 0 Å². The maximum Gasteiger partial charge on any atom is 0.234 e. The first-order valence-electron chi connectivity index (χ1n) is 4.92. The van der Waals surface area contributed by atoms with E-state index in [0.717, 1.165) is 5.69 Å². The number of anilines is 1. The van der Waals surface area contributed by atoms with E-state index in [1.54, 1.807) is 24.3 Å². The Balaban J connectivity index is 2.49. The predicted octanol–water partition coefficient (Wildman–Crippen LogP) is 1.65. The van der Waals surface area contributed by atoms with Gasteiger partial charge in [-0.2, -0.15) is 11.8 Å². The number of nitrogens with one attached hydrogen (secondary N) is 1. The Bertz CT molecular complexity index is 393. The zero-order valence-corrected chi connectivity index (χ0v) is 11.1. The molecule has 1 rings (SSSR count). The van der Waals surface area contributed by atoms with Crippen LogP contribution in [0.25, 0.3) is 0 Å². The first-order chi connectivity index (χ1) is 8.11. The monoisotopic (exact) mass is 270 g/mol. The molecule has 0 aliphatic heterocycles. The van der Waals surface area contributed by atoms with E-state index in [1.165, 1.54) is 11.8 Å². The number of rotatable bonds is 6. The summed E-state index contributed by atoms with van der Waals surface area (Å²) in [6.07, 6.45) is 1.88. The van der Waals surface area contributed by atoms with E-state index in [0.29, 0.717) is 16.5 Å². The lowest BCUT2D eigenvalue weighted by Crippen LogP contribution is -2.17. The molecule has 0 saturated carbocycles. The Kier molecular flexibility index (Phi) is 5.79. The van der Waals surface area contributed by atoms with Gasteiger partial charge >= 0.3 is 0 Å². The molecule has 0 aliphatic carbocycles. The third-order valence-electron chi connectivity index (χ3n) is 1.79. The highest BCUT2D eigenvalue weighted by molar-refractivity contribution is 7.99. The molecule has 0 bridgehead atoms. The predicted molar refractivity (Wildman–Crippen MR) is 75.7 cm³/mol. The van der Waals surface area contributed by atoms with Crippen molar-refractivity contribution in [1.82, 2.24) is 0 Å². The number of thioether (sulfide) groups is 1. The van der Waals surface area contributed by atoms with Gasteiger partial charge in [-0.1, -0.05) is 12.2 Å². The van der Waals surface area contributed by atoms with E-state index in [2.05, 4.69) is 5.32 Å². The molecule has 0 aliphatic rings. The molecule has 0 saturated heterocycles. The van der Waals surface area contributed by atoms with Crippen LogP contribution in [0.4, 0.5) is 5.69 Å². The molecular weight excluding hydrogens is 256 g/mol. The van der Waals surface area contributed by atoms with Crippen molar-refractivity contribution < 1.29 is 9.53 Å². The molecule has 0 spiro atoms. The summed E-state index contributed by atoms with van der Waals surface area (Å²) >= 11 is 6.18. The number of nitrogens with two attached hydrogens (primary N) is 1. The van der Waals surface area contributed by atoms with Crippen LogP contribution in [0, 0.1) is 0 Å². The summed E-state index contributed by atoms with van der Waals surface area (Å²) < 4.78 is 5.29. The van der Waals surface area contributed by atoms with Crippen molar-refractivity contribution in [2.24, 2.45) is 5.73 Å². The van der Waals surface area contributed by atoms with Crippen molar-refractivity contribution in [3.63, 3.8) is 0 Å². The summed E-state index contributed by atoms with van der Waals surface area (Å²) in [6.45, 7) is 0.216. The van der Waals surface area contributed by atoms with E-state index in [4.69, 9.17) is 22.7 Å². The van der Waals surface area contributed by atoms with Crippen LogP contribution in [-0.4, -0.2) is 29.5 Å². The second kappa shape index (κ2) is 7.13. The third-order valence-corrected chi connectivity index (χ3v) is 2.46. The number of ether oxygens (including phenoxy) is 1. The summed E-state index contributed by atoms with van der Waals surface area (Å²) in [6, 6.07) is 7.06. The molecule has 0 heterocycles. The lowest BCUT2D eigenvalue weighted by Gasteiger charge is -2.07. The Hall–Kier alpha value is -1.27. The molecule has 92 valence electrons. The number of thiocarbonyl (C=S) groups is 1. The van der Waals surface area contributed by atoms with Crippen LogP contribution < -0.4 is 15.8 Å². The minimum atomic E-state index is -0.0192. The fraction of sp³-hybridized carbons (Fsp3) is 0.273. The number of carbonyl (C=O) groups is 1. The number of benzene rings is 1. The third kappa shape index (κ3) is 5.55. The highest BCUT2D eigenvalue weighted by Gasteiger charge is 2.01. The second-order valence-electron chi connectivity index (χ2n) is 3.26. The van der Waals surface area contributed by atoms with E-state index in [9.17, 15) is 4.79 Å². The molecule has 1 amide bonds. The molecule has 6 heteroatoms. The first kappa shape index (κ1) is 13.8. The minimum absolute atomic E-state index is 0.0192. The Labute approximate surface area is 110 Å². The molecule has 1 aromatic carbocycles. The summed E-state index contributed by atoms with van der Waals surface area (Å²) in [7, 11) is 0. The van der Waals surface area contributed by atoms with Crippen LogP contribution in [0.2, 0.25) is 0 Å². The SMILES string of the molecule is CSCC(=O)Nc1ccc(OCC(N)=S)cc1. The van der Waals surface area contributed by atoms with Gasteiger partial charge in [-0.3, -0.25) is 4.79 Å². The molecule has 3 N–H and O–H groups in total. The van der Waals surface area contributed by atoms with Crippen LogP contribution in [-0.2, 0) is 4.79 Å². The first-order valence-corrected chi connectivity index (χ1v) is 6.72. The van der Waals surface area contributed by atoms with Gasteiger partial charge in [-0.15, -0.1) is 0 Å². The van der Waals surface area contributed by atoms with Crippen LogP contribution in [0.1, 0.15) is 0 Å². The largest absolute Gasteiger partial charge is 0.487 e. The van der Waals surface area contributed by atoms with Crippen LogP contribution >= 0.6 is 24.0 Å². The Morgan fingerprint density at radius 3 is 2.65 bits per heavy atom. The molecule has 0 aromatic heterocycles. The van der Waals surface area contributed by atoms with Crippen molar-refractivity contribution in [1.29, 1.82) is 0 Å². The lowest BCUT2D eigenvalue weighted by atomic mass is 10.3. The summed E-state index contributed by atoms with van der Waals surface area (Å²) in [4.78, 5) is 11.6. The molecule has 0 radical (unpaired) electrons. The van der Waals surface area contributed by atoms with Crippen LogP contribution in [0.15, 0.2) is 24.3 Å². The van der Waals surface area contributed by atoms with Gasteiger partial charge in [0, 0.05) is 5.69 Å². The molecule has 0 fully saturated rings. The van der Waals surface area contributed by atoms with Gasteiger partial charge < -0.3 is 15.8 Å². The van der Waals surface area contributed by atoms with Gasteiger partial charge in [-0.25, -0.2) is 0 Å². The topological polar surface area (TPSA) is 64.3 Å². The highest BCUT2D eigenvalue weighted by atomic mass is 32.2. The van der Waals surface area contributed by atoms with Gasteiger partial charge in [0.1, 0.15) is 17.3 Å². The molecule has 1 aromatic rings. The molecular formula is C11H14N2O2S2. The Morgan fingerprint density at radius 2 is 2.12 bits per heavy atom. The van der Waals surface area contributed by atoms with Crippen LogP contribution in [0.3, 0.4) is 0 Å². The smallest absolute Gasteiger partial charge is 0.234 e. The van der Waals surface area contributed by atoms with E-state index < -0.39 is 0 Å². The fourth-order valence-corrected chi connectivity index (χ4v) is 1.51. The van der Waals surface area contributed by atoms with Gasteiger partial charge in [-0.05, 0) is 30.5 Å². The van der Waals surface area contributed by atoms with Crippen molar-refractivity contribution in [3.8, 4) is 5.75 Å². The lowest BCUT2D eigenvalue weighted by molar-refractivity contribution is -0.113. The van der Waals surface area contributed by atoms with Gasteiger partial charge in [0.05, 0.1) is 5.75 Å². The summed E-state index contributed by atoms with van der Waals surface area (Å²) in [5, 5.41) is 2.77. The molecule has 17 heavy (non-hydrogen) atoms. The van der Waals surface area contributed by atoms with E-state index in [1.807, 2.05) is 6.26 Å². The van der Waals surface area contributed by atoms with Gasteiger partial charge in [0.25, 0.3) is 0 Å². The zero-order chi connectivity index (χ0) is 12.7.